The van der Waals surface area contributed by atoms with Crippen LogP contribution in [0.5, 0.6) is 5.75 Å². The van der Waals surface area contributed by atoms with Gasteiger partial charge in [-0.3, -0.25) is 0 Å². The van der Waals surface area contributed by atoms with E-state index in [0.717, 1.165) is 18.6 Å². The lowest BCUT2D eigenvalue weighted by Gasteiger charge is -2.30. The van der Waals surface area contributed by atoms with Gasteiger partial charge in [-0.2, -0.15) is 4.31 Å². The van der Waals surface area contributed by atoms with Crippen molar-refractivity contribution in [2.24, 2.45) is 5.92 Å². The number of nitrogens with zero attached hydrogens (tertiary/aromatic N) is 4. The molecule has 1 aliphatic rings. The first kappa shape index (κ1) is 19.7. The number of sulfonamides is 1. The molecule has 1 aromatic heterocycles. The highest BCUT2D eigenvalue weighted by Crippen LogP contribution is 2.25. The molecule has 0 unspecified atom stereocenters. The molecule has 154 valence electrons. The van der Waals surface area contributed by atoms with Gasteiger partial charge in [0, 0.05) is 13.1 Å². The lowest BCUT2D eigenvalue weighted by atomic mass is 10.0. The summed E-state index contributed by atoms with van der Waals surface area (Å²) < 4.78 is 33.2. The molecule has 0 radical (unpaired) electrons. The molecule has 0 aliphatic carbocycles. The van der Waals surface area contributed by atoms with Crippen LogP contribution in [0.2, 0.25) is 0 Å². The third-order valence-electron chi connectivity index (χ3n) is 4.95. The van der Waals surface area contributed by atoms with Crippen molar-refractivity contribution in [1.82, 2.24) is 19.5 Å². The van der Waals surface area contributed by atoms with Crippen LogP contribution in [0, 0.1) is 5.92 Å². The lowest BCUT2D eigenvalue weighted by molar-refractivity contribution is 0.0639. The van der Waals surface area contributed by atoms with Gasteiger partial charge >= 0.3 is 0 Å². The van der Waals surface area contributed by atoms with Gasteiger partial charge in [0.2, 0.25) is 10.0 Å². The largest absolute Gasteiger partial charge is 0.490 e. The zero-order valence-corrected chi connectivity index (χ0v) is 17.1. The molecule has 1 saturated heterocycles. The van der Waals surface area contributed by atoms with Crippen LogP contribution < -0.4 is 9.57 Å². The van der Waals surface area contributed by atoms with Crippen LogP contribution in [-0.4, -0.2) is 54.2 Å². The maximum absolute atomic E-state index is 13.0. The first-order chi connectivity index (χ1) is 14.0. The number of benzene rings is 2. The van der Waals surface area contributed by atoms with Crippen LogP contribution in [0.1, 0.15) is 19.8 Å². The summed E-state index contributed by atoms with van der Waals surface area (Å²) in [5, 5.41) is 8.01. The summed E-state index contributed by atoms with van der Waals surface area (Å²) in [5.74, 6) is 1.12. The van der Waals surface area contributed by atoms with Crippen molar-refractivity contribution in [3.8, 4) is 5.75 Å². The molecule has 2 aromatic carbocycles. The average molecular weight is 417 g/mol. The Hall–Kier alpha value is -2.65. The molecule has 1 aliphatic heterocycles. The Labute approximate surface area is 170 Å². The number of rotatable bonds is 7. The quantitative estimate of drug-likeness (QED) is 0.550. The fourth-order valence-electron chi connectivity index (χ4n) is 3.45. The van der Waals surface area contributed by atoms with Gasteiger partial charge in [0.25, 0.3) is 0 Å². The third kappa shape index (κ3) is 4.35. The van der Waals surface area contributed by atoms with E-state index in [1.165, 1.54) is 4.85 Å². The summed E-state index contributed by atoms with van der Waals surface area (Å²) >= 11 is 0. The van der Waals surface area contributed by atoms with Crippen LogP contribution in [0.15, 0.2) is 53.4 Å². The number of para-hydroxylation sites is 1. The molecule has 0 amide bonds. The van der Waals surface area contributed by atoms with Gasteiger partial charge in [0.05, 0.1) is 4.90 Å². The van der Waals surface area contributed by atoms with Gasteiger partial charge in [-0.05, 0) is 54.3 Å². The predicted molar refractivity (Wildman–Crippen MR) is 108 cm³/mol. The van der Waals surface area contributed by atoms with Crippen molar-refractivity contribution >= 4 is 21.1 Å². The lowest BCUT2D eigenvalue weighted by Crippen LogP contribution is -2.39. The van der Waals surface area contributed by atoms with E-state index < -0.39 is 10.0 Å². The molecule has 0 saturated carbocycles. The first-order valence-corrected chi connectivity index (χ1v) is 11.1. The third-order valence-corrected chi connectivity index (χ3v) is 6.81. The Kier molecular flexibility index (Phi) is 5.68. The second-order valence-electron chi connectivity index (χ2n) is 7.22. The van der Waals surface area contributed by atoms with Crippen LogP contribution in [0.3, 0.4) is 0 Å². The Morgan fingerprint density at radius 2 is 1.97 bits per heavy atom. The second-order valence-corrected chi connectivity index (χ2v) is 9.16. The molecule has 0 spiro atoms. The van der Waals surface area contributed by atoms with Crippen LogP contribution in [-0.2, 0) is 10.0 Å². The van der Waals surface area contributed by atoms with E-state index in [4.69, 9.17) is 9.57 Å². The van der Waals surface area contributed by atoms with Crippen molar-refractivity contribution in [1.29, 1.82) is 0 Å². The monoisotopic (exact) mass is 416 g/mol. The van der Waals surface area contributed by atoms with Crippen molar-refractivity contribution in [3.63, 3.8) is 0 Å². The Bertz CT molecular complexity index is 1070. The summed E-state index contributed by atoms with van der Waals surface area (Å²) in [5.41, 5.74) is 1.08. The Morgan fingerprint density at radius 3 is 2.76 bits per heavy atom. The Morgan fingerprint density at radius 1 is 1.14 bits per heavy atom. The summed E-state index contributed by atoms with van der Waals surface area (Å²) in [7, 11) is -3.56. The minimum absolute atomic E-state index is 0.229. The molecule has 3 aromatic rings. The summed E-state index contributed by atoms with van der Waals surface area (Å²) in [4.78, 5) is 7.10. The number of fused-ring (bicyclic) bond motifs is 1. The molecule has 1 atom stereocenters. The Balaban J connectivity index is 1.47. The molecule has 1 fully saturated rings. The molecule has 0 bridgehead atoms. The average Bonchev–Trinajstić information content (AvgIpc) is 3.14. The van der Waals surface area contributed by atoms with E-state index in [2.05, 4.69) is 17.2 Å². The topological polar surface area (TPSA) is 86.6 Å². The van der Waals surface area contributed by atoms with E-state index in [0.29, 0.717) is 36.6 Å². The van der Waals surface area contributed by atoms with E-state index >= 15 is 0 Å². The predicted octanol–water partition coefficient (Wildman–Crippen LogP) is 2.36. The highest BCUT2D eigenvalue weighted by Gasteiger charge is 2.29. The fourth-order valence-corrected chi connectivity index (χ4v) is 5.07. The number of aromatic nitrogens is 3. The molecule has 9 heteroatoms. The van der Waals surface area contributed by atoms with Crippen molar-refractivity contribution in [3.05, 3.63) is 48.5 Å². The minimum atomic E-state index is -3.56. The van der Waals surface area contributed by atoms with Gasteiger partial charge < -0.3 is 9.57 Å². The van der Waals surface area contributed by atoms with Crippen molar-refractivity contribution in [2.45, 2.75) is 24.7 Å². The molecular formula is C20H24N4O4S. The van der Waals surface area contributed by atoms with Crippen molar-refractivity contribution < 1.29 is 18.0 Å². The van der Waals surface area contributed by atoms with Gasteiger partial charge in [-0.1, -0.05) is 30.0 Å². The van der Waals surface area contributed by atoms with Gasteiger partial charge in [0.15, 0.2) is 6.61 Å². The fraction of sp³-hybridized carbons (Fsp3) is 0.400. The van der Waals surface area contributed by atoms with E-state index in [-0.39, 0.29) is 11.5 Å². The molecule has 8 nitrogen and oxygen atoms in total. The maximum Gasteiger partial charge on any atom is 0.243 e. The molecule has 29 heavy (non-hydrogen) atoms. The first-order valence-electron chi connectivity index (χ1n) is 9.71. The smallest absolute Gasteiger partial charge is 0.243 e. The maximum atomic E-state index is 13.0. The molecule has 0 N–H and O–H groups in total. The molecule has 4 rings (SSSR count). The zero-order valence-electron chi connectivity index (χ0n) is 16.3. The second kappa shape index (κ2) is 8.38. The molecular weight excluding hydrogens is 392 g/mol. The van der Waals surface area contributed by atoms with E-state index in [1.54, 1.807) is 22.5 Å². The van der Waals surface area contributed by atoms with E-state index in [1.807, 2.05) is 30.3 Å². The summed E-state index contributed by atoms with van der Waals surface area (Å²) in [6.45, 7) is 3.75. The van der Waals surface area contributed by atoms with Crippen LogP contribution in [0.4, 0.5) is 0 Å². The van der Waals surface area contributed by atoms with Crippen molar-refractivity contribution in [2.75, 3.05) is 26.3 Å². The summed E-state index contributed by atoms with van der Waals surface area (Å²) in [6, 6.07) is 14.2. The standard InChI is InChI=1S/C20H24N4O4S/c1-16-6-5-11-23(15-16)29(25,26)18-9-10-19-20(14-18)24(22-21-19)28-13-12-27-17-7-3-2-4-8-17/h2-4,7-10,14,16H,5-6,11-13,15H2,1H3/t16-/m0/s1. The summed E-state index contributed by atoms with van der Waals surface area (Å²) in [6.07, 6.45) is 1.94. The van der Waals surface area contributed by atoms with E-state index in [9.17, 15) is 8.42 Å². The number of piperidine rings is 1. The van der Waals surface area contributed by atoms with Gasteiger partial charge in [0.1, 0.15) is 23.4 Å². The normalized spacial score (nSPS) is 18.0. The van der Waals surface area contributed by atoms with Crippen LogP contribution in [0.25, 0.3) is 11.0 Å². The minimum Gasteiger partial charge on any atom is -0.490 e. The zero-order chi connectivity index (χ0) is 20.3. The SMILES string of the molecule is C[C@H]1CCCN(S(=O)(=O)c2ccc3nnn(OCCOc4ccccc4)c3c2)C1. The highest BCUT2D eigenvalue weighted by atomic mass is 32.2. The number of hydrogen-bond donors (Lipinski definition) is 0. The van der Waals surface area contributed by atoms with Gasteiger partial charge in [-0.15, -0.1) is 5.10 Å². The van der Waals surface area contributed by atoms with Gasteiger partial charge in [-0.25, -0.2) is 8.42 Å². The molecule has 2 heterocycles. The number of hydrogen-bond acceptors (Lipinski definition) is 6. The number of ether oxygens (including phenoxy) is 1. The van der Waals surface area contributed by atoms with Crippen LogP contribution >= 0.6 is 0 Å². The highest BCUT2D eigenvalue weighted by molar-refractivity contribution is 7.89.